The molecule has 1 fully saturated rings. The smallest absolute Gasteiger partial charge is 0.210 e. The lowest BCUT2D eigenvalue weighted by atomic mass is 9.99. The van der Waals surface area contributed by atoms with Gasteiger partial charge in [-0.15, -0.1) is 10.2 Å². The van der Waals surface area contributed by atoms with Crippen LogP contribution in [0.5, 0.6) is 0 Å². The normalized spacial score (nSPS) is 18.5. The largest absolute Gasteiger partial charge is 0.330 e. The quantitative estimate of drug-likeness (QED) is 0.892. The zero-order valence-electron chi connectivity index (χ0n) is 12.8. The average Bonchev–Trinajstić information content (AvgIpc) is 2.93. The molecule has 0 aliphatic heterocycles. The Bertz CT molecular complexity index is 684. The molecule has 116 valence electrons. The van der Waals surface area contributed by atoms with Crippen molar-refractivity contribution in [2.24, 2.45) is 0 Å². The molecule has 6 heteroatoms. The summed E-state index contributed by atoms with van der Waals surface area (Å²) in [6, 6.07) is 6.24. The van der Waals surface area contributed by atoms with Gasteiger partial charge in [0.15, 0.2) is 4.34 Å². The maximum Gasteiger partial charge on any atom is 0.210 e. The molecule has 1 aliphatic carbocycles. The number of ketones is 1. The number of thioether (sulfide) groups is 1. The summed E-state index contributed by atoms with van der Waals surface area (Å²) < 4.78 is 0.867. The molecule has 1 aromatic carbocycles. The number of Topliss-reactive ketones (excluding diaryl/α,β-unsaturated/α-hetero) is 1. The first kappa shape index (κ1) is 15.5. The number of aromatic nitrogens is 2. The van der Waals surface area contributed by atoms with Crippen molar-refractivity contribution in [1.29, 1.82) is 0 Å². The van der Waals surface area contributed by atoms with Crippen molar-refractivity contribution >= 4 is 39.7 Å². The van der Waals surface area contributed by atoms with E-state index in [0.29, 0.717) is 12.2 Å². The van der Waals surface area contributed by atoms with Crippen molar-refractivity contribution < 1.29 is 4.79 Å². The number of rotatable bonds is 4. The van der Waals surface area contributed by atoms with E-state index in [-0.39, 0.29) is 5.25 Å². The summed E-state index contributed by atoms with van der Waals surface area (Å²) >= 11 is 3.08. The number of nitrogens with zero attached hydrogens (tertiary/aromatic N) is 2. The highest BCUT2D eigenvalue weighted by molar-refractivity contribution is 8.02. The molecule has 0 amide bonds. The van der Waals surface area contributed by atoms with Gasteiger partial charge in [0.2, 0.25) is 5.13 Å². The second-order valence-corrected chi connectivity index (χ2v) is 8.04. The molecule has 0 bridgehead atoms. The van der Waals surface area contributed by atoms with Crippen molar-refractivity contribution in [3.8, 4) is 0 Å². The third kappa shape index (κ3) is 3.67. The number of nitrogens with one attached hydrogen (secondary N) is 1. The Morgan fingerprint density at radius 1 is 1.23 bits per heavy atom. The molecule has 22 heavy (non-hydrogen) atoms. The summed E-state index contributed by atoms with van der Waals surface area (Å²) in [4.78, 5) is 11.9. The van der Waals surface area contributed by atoms with Crippen LogP contribution in [-0.4, -0.2) is 21.2 Å². The molecule has 1 saturated carbocycles. The van der Waals surface area contributed by atoms with Gasteiger partial charge in [-0.3, -0.25) is 4.79 Å². The lowest BCUT2D eigenvalue weighted by Crippen LogP contribution is -2.21. The van der Waals surface area contributed by atoms with E-state index < -0.39 is 0 Å². The lowest BCUT2D eigenvalue weighted by molar-refractivity contribution is -0.119. The van der Waals surface area contributed by atoms with Gasteiger partial charge >= 0.3 is 0 Å². The van der Waals surface area contributed by atoms with E-state index in [4.69, 9.17) is 0 Å². The molecule has 1 heterocycles. The van der Waals surface area contributed by atoms with E-state index in [9.17, 15) is 4.79 Å². The fraction of sp³-hybridized carbons (Fsp3) is 0.438. The predicted octanol–water partition coefficient (Wildman–Crippen LogP) is 4.50. The van der Waals surface area contributed by atoms with Crippen LogP contribution in [0.15, 0.2) is 22.5 Å². The highest BCUT2D eigenvalue weighted by atomic mass is 32.2. The number of anilines is 2. The number of benzene rings is 1. The maximum absolute atomic E-state index is 11.9. The molecule has 3 rings (SSSR count). The fourth-order valence-electron chi connectivity index (χ4n) is 2.45. The van der Waals surface area contributed by atoms with E-state index in [1.807, 2.05) is 6.07 Å². The van der Waals surface area contributed by atoms with Gasteiger partial charge in [0, 0.05) is 12.1 Å². The summed E-state index contributed by atoms with van der Waals surface area (Å²) in [5, 5.41) is 12.5. The van der Waals surface area contributed by atoms with Crippen molar-refractivity contribution in [3.05, 3.63) is 29.3 Å². The topological polar surface area (TPSA) is 54.9 Å². The molecule has 2 aromatic rings. The molecule has 1 N–H and O–H groups in total. The van der Waals surface area contributed by atoms with E-state index in [0.717, 1.165) is 34.4 Å². The summed E-state index contributed by atoms with van der Waals surface area (Å²) in [5.74, 6) is 0.357. The third-order valence-electron chi connectivity index (χ3n) is 3.91. The van der Waals surface area contributed by atoms with Crippen LogP contribution < -0.4 is 5.32 Å². The minimum atomic E-state index is 0.0659. The average molecular weight is 333 g/mol. The maximum atomic E-state index is 11.9. The highest BCUT2D eigenvalue weighted by Crippen LogP contribution is 2.35. The SMILES string of the molecule is Cc1ccc(Nc2nnc(S[C@@H]3CCCCC3=O)s2)cc1C. The van der Waals surface area contributed by atoms with Gasteiger partial charge in [-0.1, -0.05) is 35.6 Å². The molecular weight excluding hydrogens is 314 g/mol. The first-order valence-corrected chi connectivity index (χ1v) is 9.18. The second kappa shape index (κ2) is 6.79. The molecule has 1 atom stereocenters. The summed E-state index contributed by atoms with van der Waals surface area (Å²) in [5.41, 5.74) is 3.54. The first-order chi connectivity index (χ1) is 10.6. The Kier molecular flexibility index (Phi) is 4.78. The summed E-state index contributed by atoms with van der Waals surface area (Å²) in [7, 11) is 0. The Labute approximate surface area is 138 Å². The number of carbonyl (C=O) groups is 1. The van der Waals surface area contributed by atoms with Crippen LogP contribution in [0.2, 0.25) is 0 Å². The third-order valence-corrected chi connectivity index (χ3v) is 6.14. The van der Waals surface area contributed by atoms with Gasteiger partial charge < -0.3 is 5.32 Å². The number of hydrogen-bond donors (Lipinski definition) is 1. The van der Waals surface area contributed by atoms with E-state index in [1.165, 1.54) is 22.5 Å². The Morgan fingerprint density at radius 2 is 2.09 bits per heavy atom. The lowest BCUT2D eigenvalue weighted by Gasteiger charge is -2.17. The molecule has 0 spiro atoms. The van der Waals surface area contributed by atoms with E-state index in [1.54, 1.807) is 11.8 Å². The van der Waals surface area contributed by atoms with Gasteiger partial charge in [0.25, 0.3) is 0 Å². The molecule has 1 aromatic heterocycles. The number of carbonyl (C=O) groups excluding carboxylic acids is 1. The van der Waals surface area contributed by atoms with Crippen LogP contribution in [0, 0.1) is 13.8 Å². The standard InChI is InChI=1S/C16H19N3OS2/c1-10-7-8-12(9-11(10)2)17-15-18-19-16(22-15)21-14-6-4-3-5-13(14)20/h7-9,14H,3-6H2,1-2H3,(H,17,18)/t14-/m1/s1. The van der Waals surface area contributed by atoms with Crippen molar-refractivity contribution in [2.75, 3.05) is 5.32 Å². The highest BCUT2D eigenvalue weighted by Gasteiger charge is 2.24. The molecule has 0 unspecified atom stereocenters. The van der Waals surface area contributed by atoms with Crippen LogP contribution in [-0.2, 0) is 4.79 Å². The molecule has 0 saturated heterocycles. The molecule has 0 radical (unpaired) electrons. The van der Waals surface area contributed by atoms with E-state index >= 15 is 0 Å². The number of hydrogen-bond acceptors (Lipinski definition) is 6. The van der Waals surface area contributed by atoms with Gasteiger partial charge in [-0.05, 0) is 49.9 Å². The zero-order chi connectivity index (χ0) is 15.5. The monoisotopic (exact) mass is 333 g/mol. The summed E-state index contributed by atoms with van der Waals surface area (Å²) in [6.07, 6.45) is 3.84. The van der Waals surface area contributed by atoms with Crippen molar-refractivity contribution in [1.82, 2.24) is 10.2 Å². The zero-order valence-corrected chi connectivity index (χ0v) is 14.4. The molecule has 4 nitrogen and oxygen atoms in total. The van der Waals surface area contributed by atoms with Gasteiger partial charge in [-0.25, -0.2) is 0 Å². The predicted molar refractivity (Wildman–Crippen MR) is 92.2 cm³/mol. The molecule has 1 aliphatic rings. The van der Waals surface area contributed by atoms with Gasteiger partial charge in [0.05, 0.1) is 5.25 Å². The van der Waals surface area contributed by atoms with Crippen molar-refractivity contribution in [3.63, 3.8) is 0 Å². The van der Waals surface area contributed by atoms with Crippen molar-refractivity contribution in [2.45, 2.75) is 49.1 Å². The Balaban J connectivity index is 1.65. The second-order valence-electron chi connectivity index (χ2n) is 5.62. The first-order valence-electron chi connectivity index (χ1n) is 7.49. The Morgan fingerprint density at radius 3 is 2.86 bits per heavy atom. The van der Waals surface area contributed by atoms with E-state index in [2.05, 4.69) is 41.5 Å². The van der Waals surface area contributed by atoms with Gasteiger partial charge in [0.1, 0.15) is 5.78 Å². The Hall–Kier alpha value is -1.40. The minimum Gasteiger partial charge on any atom is -0.330 e. The van der Waals surface area contributed by atoms with Crippen LogP contribution in [0.1, 0.15) is 36.8 Å². The van der Waals surface area contributed by atoms with Crippen LogP contribution in [0.25, 0.3) is 0 Å². The van der Waals surface area contributed by atoms with Gasteiger partial charge in [-0.2, -0.15) is 0 Å². The number of aryl methyl sites for hydroxylation is 2. The van der Waals surface area contributed by atoms with Crippen LogP contribution >= 0.6 is 23.1 Å². The minimum absolute atomic E-state index is 0.0659. The fourth-order valence-corrected chi connectivity index (χ4v) is 4.59. The summed E-state index contributed by atoms with van der Waals surface area (Å²) in [6.45, 7) is 4.19. The molecular formula is C16H19N3OS2. The van der Waals surface area contributed by atoms with Crippen LogP contribution in [0.3, 0.4) is 0 Å². The van der Waals surface area contributed by atoms with Crippen LogP contribution in [0.4, 0.5) is 10.8 Å².